The summed E-state index contributed by atoms with van der Waals surface area (Å²) in [4.78, 5) is 10.9. The first kappa shape index (κ1) is 10.4. The van der Waals surface area contributed by atoms with Crippen molar-refractivity contribution in [2.24, 2.45) is 5.73 Å². The number of carbonyl (C=O) groups is 1. The second kappa shape index (κ2) is 5.09. The molecule has 2 atom stereocenters. The second-order valence-corrected chi connectivity index (χ2v) is 2.22. The van der Waals surface area contributed by atoms with Gasteiger partial charge in [-0.05, 0) is 13.8 Å². The van der Waals surface area contributed by atoms with Crippen molar-refractivity contribution in [2.75, 3.05) is 13.7 Å². The molecule has 4 nitrogen and oxygen atoms in total. The van der Waals surface area contributed by atoms with Crippen LogP contribution in [-0.4, -0.2) is 31.8 Å². The monoisotopic (exact) mass is 161 g/mol. The van der Waals surface area contributed by atoms with Crippen LogP contribution in [0.25, 0.3) is 0 Å². The zero-order valence-corrected chi connectivity index (χ0v) is 7.16. The van der Waals surface area contributed by atoms with Gasteiger partial charge in [-0.1, -0.05) is 0 Å². The van der Waals surface area contributed by atoms with Crippen LogP contribution in [0, 0.1) is 0 Å². The van der Waals surface area contributed by atoms with Crippen molar-refractivity contribution < 1.29 is 14.3 Å². The Hall–Kier alpha value is -0.610. The Morgan fingerprint density at radius 3 is 2.55 bits per heavy atom. The maximum Gasteiger partial charge on any atom is 0.325 e. The molecule has 0 aliphatic rings. The van der Waals surface area contributed by atoms with Gasteiger partial charge in [0.15, 0.2) is 0 Å². The highest BCUT2D eigenvalue weighted by Gasteiger charge is 2.21. The molecule has 0 rings (SSSR count). The summed E-state index contributed by atoms with van der Waals surface area (Å²) in [6.07, 6.45) is -0.297. The third-order valence-electron chi connectivity index (χ3n) is 1.44. The molecule has 0 bridgehead atoms. The van der Waals surface area contributed by atoms with Gasteiger partial charge in [-0.3, -0.25) is 4.79 Å². The summed E-state index contributed by atoms with van der Waals surface area (Å²) in [6.45, 7) is 3.81. The highest BCUT2D eigenvalue weighted by Crippen LogP contribution is 1.96. The van der Waals surface area contributed by atoms with Gasteiger partial charge in [0.1, 0.15) is 6.04 Å². The number of ether oxygens (including phenoxy) is 2. The Labute approximate surface area is 66.7 Å². The third-order valence-corrected chi connectivity index (χ3v) is 1.44. The second-order valence-electron chi connectivity index (χ2n) is 2.22. The fraction of sp³-hybridized carbons (Fsp3) is 0.857. The van der Waals surface area contributed by atoms with Gasteiger partial charge < -0.3 is 15.2 Å². The molecule has 0 fully saturated rings. The molecule has 0 amide bonds. The molecule has 0 aromatic heterocycles. The van der Waals surface area contributed by atoms with E-state index in [2.05, 4.69) is 4.74 Å². The molecule has 0 saturated heterocycles. The lowest BCUT2D eigenvalue weighted by Gasteiger charge is -2.16. The average Bonchev–Trinajstić information content (AvgIpc) is 2.02. The topological polar surface area (TPSA) is 61.5 Å². The van der Waals surface area contributed by atoms with Crippen LogP contribution in [0.1, 0.15) is 13.8 Å². The van der Waals surface area contributed by atoms with E-state index in [4.69, 9.17) is 10.5 Å². The lowest BCUT2D eigenvalue weighted by molar-refractivity contribution is -0.147. The molecule has 0 aliphatic carbocycles. The standard InChI is InChI=1S/C7H15NO3/c1-4-11-7(9)6(8)5(2)10-3/h5-6H,4,8H2,1-3H3/t5-,6+/m1/s1. The van der Waals surface area contributed by atoms with E-state index in [0.717, 1.165) is 0 Å². The SMILES string of the molecule is CCOC(=O)[C@@H](N)[C@@H](C)OC. The Kier molecular flexibility index (Phi) is 4.81. The summed E-state index contributed by atoms with van der Waals surface area (Å²) in [7, 11) is 1.50. The molecule has 0 aromatic rings. The molecule has 66 valence electrons. The highest BCUT2D eigenvalue weighted by molar-refractivity contribution is 5.76. The van der Waals surface area contributed by atoms with Gasteiger partial charge in [0.25, 0.3) is 0 Å². The summed E-state index contributed by atoms with van der Waals surface area (Å²) in [5.74, 6) is -0.415. The van der Waals surface area contributed by atoms with Crippen LogP contribution in [0.4, 0.5) is 0 Å². The number of methoxy groups -OCH3 is 1. The van der Waals surface area contributed by atoms with E-state index in [0.29, 0.717) is 6.61 Å². The van der Waals surface area contributed by atoms with Crippen molar-refractivity contribution in [3.05, 3.63) is 0 Å². The number of rotatable bonds is 4. The minimum Gasteiger partial charge on any atom is -0.465 e. The van der Waals surface area contributed by atoms with Gasteiger partial charge >= 0.3 is 5.97 Å². The molecule has 0 saturated carbocycles. The molecule has 0 aliphatic heterocycles. The summed E-state index contributed by atoms with van der Waals surface area (Å²) >= 11 is 0. The molecule has 0 spiro atoms. The van der Waals surface area contributed by atoms with Gasteiger partial charge in [0.2, 0.25) is 0 Å². The first-order valence-electron chi connectivity index (χ1n) is 3.58. The van der Waals surface area contributed by atoms with E-state index in [1.54, 1.807) is 13.8 Å². The van der Waals surface area contributed by atoms with Crippen molar-refractivity contribution >= 4 is 5.97 Å². The Morgan fingerprint density at radius 2 is 2.18 bits per heavy atom. The van der Waals surface area contributed by atoms with Crippen molar-refractivity contribution in [3.8, 4) is 0 Å². The minimum atomic E-state index is -0.681. The van der Waals surface area contributed by atoms with E-state index < -0.39 is 12.0 Å². The van der Waals surface area contributed by atoms with Crippen LogP contribution in [0.5, 0.6) is 0 Å². The van der Waals surface area contributed by atoms with E-state index in [-0.39, 0.29) is 6.10 Å². The average molecular weight is 161 g/mol. The number of esters is 1. The minimum absolute atomic E-state index is 0.297. The van der Waals surface area contributed by atoms with Crippen molar-refractivity contribution in [1.82, 2.24) is 0 Å². The largest absolute Gasteiger partial charge is 0.465 e. The Balaban J connectivity index is 3.80. The molecule has 11 heavy (non-hydrogen) atoms. The lowest BCUT2D eigenvalue weighted by atomic mass is 10.2. The lowest BCUT2D eigenvalue weighted by Crippen LogP contribution is -2.42. The number of nitrogens with two attached hydrogens (primary N) is 1. The number of carbonyl (C=O) groups excluding carboxylic acids is 1. The predicted molar refractivity (Wildman–Crippen MR) is 41.1 cm³/mol. The normalized spacial score (nSPS) is 15.6. The maximum atomic E-state index is 10.9. The number of hydrogen-bond acceptors (Lipinski definition) is 4. The molecule has 0 aromatic carbocycles. The summed E-state index contributed by atoms with van der Waals surface area (Å²) < 4.78 is 9.54. The van der Waals surface area contributed by atoms with Crippen LogP contribution >= 0.6 is 0 Å². The predicted octanol–water partition coefficient (Wildman–Crippen LogP) is -0.0883. The zero-order valence-electron chi connectivity index (χ0n) is 7.16. The quantitative estimate of drug-likeness (QED) is 0.585. The summed E-state index contributed by atoms with van der Waals surface area (Å²) in [5.41, 5.74) is 5.46. The summed E-state index contributed by atoms with van der Waals surface area (Å²) in [5, 5.41) is 0. The fourth-order valence-corrected chi connectivity index (χ4v) is 0.577. The van der Waals surface area contributed by atoms with Crippen LogP contribution in [-0.2, 0) is 14.3 Å². The van der Waals surface area contributed by atoms with Crippen molar-refractivity contribution in [2.45, 2.75) is 26.0 Å². The van der Waals surface area contributed by atoms with Crippen LogP contribution < -0.4 is 5.73 Å². The molecule has 4 heteroatoms. The van der Waals surface area contributed by atoms with Gasteiger partial charge in [-0.2, -0.15) is 0 Å². The van der Waals surface area contributed by atoms with Gasteiger partial charge in [-0.15, -0.1) is 0 Å². The molecule has 0 unspecified atom stereocenters. The van der Waals surface area contributed by atoms with E-state index in [1.807, 2.05) is 0 Å². The first-order valence-corrected chi connectivity index (χ1v) is 3.58. The smallest absolute Gasteiger partial charge is 0.325 e. The molecule has 2 N–H and O–H groups in total. The third kappa shape index (κ3) is 3.34. The Morgan fingerprint density at radius 1 is 1.64 bits per heavy atom. The molecular weight excluding hydrogens is 146 g/mol. The molecular formula is C7H15NO3. The van der Waals surface area contributed by atoms with Crippen molar-refractivity contribution in [3.63, 3.8) is 0 Å². The van der Waals surface area contributed by atoms with Gasteiger partial charge in [-0.25, -0.2) is 0 Å². The Bertz CT molecular complexity index is 127. The van der Waals surface area contributed by atoms with Crippen LogP contribution in [0.2, 0.25) is 0 Å². The van der Waals surface area contributed by atoms with Gasteiger partial charge in [0, 0.05) is 7.11 Å². The number of hydrogen-bond donors (Lipinski definition) is 1. The van der Waals surface area contributed by atoms with Crippen LogP contribution in [0.3, 0.4) is 0 Å². The van der Waals surface area contributed by atoms with E-state index >= 15 is 0 Å². The molecule has 0 radical (unpaired) electrons. The molecule has 0 heterocycles. The maximum absolute atomic E-state index is 10.9. The van der Waals surface area contributed by atoms with Crippen LogP contribution in [0.15, 0.2) is 0 Å². The van der Waals surface area contributed by atoms with Gasteiger partial charge in [0.05, 0.1) is 12.7 Å². The highest BCUT2D eigenvalue weighted by atomic mass is 16.5. The fourth-order valence-electron chi connectivity index (χ4n) is 0.577. The van der Waals surface area contributed by atoms with E-state index in [9.17, 15) is 4.79 Å². The first-order chi connectivity index (χ1) is 5.13. The zero-order chi connectivity index (χ0) is 8.85. The van der Waals surface area contributed by atoms with Crippen molar-refractivity contribution in [1.29, 1.82) is 0 Å². The van der Waals surface area contributed by atoms with E-state index in [1.165, 1.54) is 7.11 Å². The summed E-state index contributed by atoms with van der Waals surface area (Å²) in [6, 6.07) is -0.681.